The number of ketones is 1. The molecule has 1 aliphatic heterocycles. The molecule has 37 heavy (non-hydrogen) atoms. The quantitative estimate of drug-likeness (QED) is 0.339. The predicted octanol–water partition coefficient (Wildman–Crippen LogP) is 6.09. The van der Waals surface area contributed by atoms with E-state index in [4.69, 9.17) is 34.0 Å². The lowest BCUT2D eigenvalue weighted by Crippen LogP contribution is -2.37. The van der Waals surface area contributed by atoms with Crippen molar-refractivity contribution < 1.29 is 4.79 Å². The summed E-state index contributed by atoms with van der Waals surface area (Å²) in [7, 11) is 0. The molecule has 0 aliphatic carbocycles. The maximum atomic E-state index is 12.4. The van der Waals surface area contributed by atoms with E-state index in [1.807, 2.05) is 48.7 Å². The number of nitrogens with two attached hydrogens (primary N) is 1. The number of aromatic nitrogens is 2. The van der Waals surface area contributed by atoms with Gasteiger partial charge in [0.05, 0.1) is 34.4 Å². The number of hydrazone groups is 1. The highest BCUT2D eigenvalue weighted by molar-refractivity contribution is 6.45. The van der Waals surface area contributed by atoms with Crippen molar-refractivity contribution in [1.82, 2.24) is 9.78 Å². The molecule has 182 valence electrons. The van der Waals surface area contributed by atoms with Gasteiger partial charge in [0.25, 0.3) is 0 Å². The molecule has 2 heterocycles. The van der Waals surface area contributed by atoms with Crippen molar-refractivity contribution >= 4 is 40.4 Å². The number of allylic oxidation sites excluding steroid dienone is 1. The van der Waals surface area contributed by atoms with Gasteiger partial charge in [-0.05, 0) is 48.5 Å². The highest BCUT2D eigenvalue weighted by Gasteiger charge is 2.37. The minimum Gasteiger partial charge on any atom is -0.396 e. The second-order valence-electron chi connectivity index (χ2n) is 8.39. The van der Waals surface area contributed by atoms with Gasteiger partial charge in [-0.1, -0.05) is 53.5 Å². The van der Waals surface area contributed by atoms with Gasteiger partial charge in [0, 0.05) is 34.3 Å². The van der Waals surface area contributed by atoms with Gasteiger partial charge in [0.1, 0.15) is 6.04 Å². The number of nitriles is 1. The topological polar surface area (TPSA) is 100 Å². The first-order valence-corrected chi connectivity index (χ1v) is 12.1. The molecule has 0 amide bonds. The molecule has 5 rings (SSSR count). The van der Waals surface area contributed by atoms with Crippen LogP contribution in [0.4, 0.5) is 5.69 Å². The Kier molecular flexibility index (Phi) is 6.53. The van der Waals surface area contributed by atoms with Crippen molar-refractivity contribution in [2.75, 3.05) is 5.01 Å². The fraction of sp³-hybridized carbons (Fsp3) is 0.0714. The number of carbonyl (C=O) groups excluding carboxylic acids is 1. The Bertz CT molecular complexity index is 1580. The molecule has 0 fully saturated rings. The average Bonchev–Trinajstić information content (AvgIpc) is 3.35. The van der Waals surface area contributed by atoms with Crippen LogP contribution >= 0.6 is 23.2 Å². The molecular formula is C28H20Cl2N6O. The monoisotopic (exact) mass is 526 g/mol. The van der Waals surface area contributed by atoms with Gasteiger partial charge >= 0.3 is 0 Å². The zero-order chi connectivity index (χ0) is 26.1. The molecule has 1 unspecified atom stereocenters. The fourth-order valence-corrected chi connectivity index (χ4v) is 4.47. The number of anilines is 1. The SMILES string of the molecule is CC(=O)C1=NN(c2ccc(Cl)cc2)C(c2cn(-c3ccccc3)nc2-c2ccc(Cl)cc2)C(C#N)=C1N. The third kappa shape index (κ3) is 4.60. The van der Waals surface area contributed by atoms with Crippen molar-refractivity contribution in [1.29, 1.82) is 5.26 Å². The van der Waals surface area contributed by atoms with Crippen LogP contribution in [0.25, 0.3) is 16.9 Å². The third-order valence-corrected chi connectivity index (χ3v) is 6.50. The van der Waals surface area contributed by atoms with Crippen LogP contribution in [-0.2, 0) is 4.79 Å². The molecule has 0 saturated heterocycles. The Hall–Kier alpha value is -4.38. The largest absolute Gasteiger partial charge is 0.396 e. The summed E-state index contributed by atoms with van der Waals surface area (Å²) >= 11 is 12.3. The van der Waals surface area contributed by atoms with Crippen LogP contribution < -0.4 is 10.7 Å². The minimum absolute atomic E-state index is 0.0197. The van der Waals surface area contributed by atoms with E-state index < -0.39 is 6.04 Å². The molecule has 4 aromatic rings. The summed E-state index contributed by atoms with van der Waals surface area (Å²) in [5.74, 6) is -0.347. The normalized spacial score (nSPS) is 15.4. The van der Waals surface area contributed by atoms with Crippen LogP contribution in [-0.4, -0.2) is 21.3 Å². The molecule has 1 aromatic heterocycles. The van der Waals surface area contributed by atoms with Crippen LogP contribution in [0.5, 0.6) is 0 Å². The fourth-order valence-electron chi connectivity index (χ4n) is 4.22. The number of Topliss-reactive ketones (excluding diaryl/α,β-unsaturated/α-hetero) is 1. The molecule has 0 bridgehead atoms. The summed E-state index contributed by atoms with van der Waals surface area (Å²) in [6.07, 6.45) is 1.85. The van der Waals surface area contributed by atoms with E-state index >= 15 is 0 Å². The lowest BCUT2D eigenvalue weighted by Gasteiger charge is -2.33. The number of carbonyl (C=O) groups is 1. The summed E-state index contributed by atoms with van der Waals surface area (Å²) in [4.78, 5) is 12.4. The molecule has 7 nitrogen and oxygen atoms in total. The van der Waals surface area contributed by atoms with Crippen molar-refractivity contribution in [2.45, 2.75) is 13.0 Å². The van der Waals surface area contributed by atoms with E-state index in [1.165, 1.54) is 6.92 Å². The van der Waals surface area contributed by atoms with Gasteiger partial charge in [-0.15, -0.1) is 0 Å². The summed E-state index contributed by atoms with van der Waals surface area (Å²) in [5.41, 5.74) is 10.2. The second kappa shape index (κ2) is 9.94. The molecular weight excluding hydrogens is 507 g/mol. The van der Waals surface area contributed by atoms with Crippen LogP contribution in [0.1, 0.15) is 18.5 Å². The average molecular weight is 527 g/mol. The number of hydrogen-bond donors (Lipinski definition) is 1. The first kappa shape index (κ1) is 24.3. The number of hydrogen-bond acceptors (Lipinski definition) is 6. The van der Waals surface area contributed by atoms with Gasteiger partial charge in [-0.2, -0.15) is 15.5 Å². The van der Waals surface area contributed by atoms with Gasteiger partial charge in [-0.25, -0.2) is 4.68 Å². The smallest absolute Gasteiger partial charge is 0.182 e. The van der Waals surface area contributed by atoms with Gasteiger partial charge in [0.15, 0.2) is 11.5 Å². The first-order valence-electron chi connectivity index (χ1n) is 11.3. The molecule has 0 radical (unpaired) electrons. The molecule has 9 heteroatoms. The molecule has 2 N–H and O–H groups in total. The number of para-hydroxylation sites is 1. The van der Waals surface area contributed by atoms with Gasteiger partial charge in [0.2, 0.25) is 0 Å². The summed E-state index contributed by atoms with van der Waals surface area (Å²) < 4.78 is 1.74. The van der Waals surface area contributed by atoms with Crippen molar-refractivity contribution in [3.05, 3.63) is 112 Å². The highest BCUT2D eigenvalue weighted by atomic mass is 35.5. The molecule has 0 spiro atoms. The Morgan fingerprint density at radius 3 is 2.16 bits per heavy atom. The van der Waals surface area contributed by atoms with Crippen molar-refractivity contribution in [3.63, 3.8) is 0 Å². The van der Waals surface area contributed by atoms with E-state index in [0.717, 1.165) is 11.3 Å². The zero-order valence-corrected chi connectivity index (χ0v) is 21.1. The lowest BCUT2D eigenvalue weighted by atomic mass is 9.92. The zero-order valence-electron chi connectivity index (χ0n) is 19.6. The van der Waals surface area contributed by atoms with E-state index in [9.17, 15) is 10.1 Å². The standard InChI is InChI=1S/C28H20Cl2N6O/c1-17(37)26-25(32)23(15-31)28(36(34-26)22-13-11-20(30)12-14-22)24-16-35(21-5-3-2-4-6-21)33-27(24)18-7-9-19(29)10-8-18/h2-14,16,28H,32H2,1H3. The third-order valence-electron chi connectivity index (χ3n) is 5.99. The molecule has 0 saturated carbocycles. The summed E-state index contributed by atoms with van der Waals surface area (Å²) in [6, 6.07) is 25.4. The molecule has 3 aromatic carbocycles. The predicted molar refractivity (Wildman–Crippen MR) is 146 cm³/mol. The molecule has 1 aliphatic rings. The number of rotatable bonds is 5. The summed E-state index contributed by atoms with van der Waals surface area (Å²) in [5, 5.41) is 22.5. The second-order valence-corrected chi connectivity index (χ2v) is 9.26. The Morgan fingerprint density at radius 1 is 0.946 bits per heavy atom. The Labute approximate surface area is 223 Å². The summed E-state index contributed by atoms with van der Waals surface area (Å²) in [6.45, 7) is 1.37. The van der Waals surface area contributed by atoms with E-state index in [2.05, 4.69) is 11.2 Å². The van der Waals surface area contributed by atoms with Crippen LogP contribution in [0.15, 0.2) is 101 Å². The van der Waals surface area contributed by atoms with Crippen LogP contribution in [0.3, 0.4) is 0 Å². The number of nitrogens with zero attached hydrogens (tertiary/aromatic N) is 5. The first-order chi connectivity index (χ1) is 17.9. The Morgan fingerprint density at radius 2 is 1.57 bits per heavy atom. The van der Waals surface area contributed by atoms with E-state index in [1.54, 1.807) is 46.1 Å². The Balaban J connectivity index is 1.78. The van der Waals surface area contributed by atoms with E-state index in [-0.39, 0.29) is 22.8 Å². The lowest BCUT2D eigenvalue weighted by molar-refractivity contribution is -0.111. The molecule has 1 atom stereocenters. The van der Waals surface area contributed by atoms with Crippen molar-refractivity contribution in [2.24, 2.45) is 10.8 Å². The highest BCUT2D eigenvalue weighted by Crippen LogP contribution is 2.41. The van der Waals surface area contributed by atoms with Crippen LogP contribution in [0, 0.1) is 11.3 Å². The van der Waals surface area contributed by atoms with Crippen molar-refractivity contribution in [3.8, 4) is 23.0 Å². The minimum atomic E-state index is -0.766. The van der Waals surface area contributed by atoms with Gasteiger partial charge in [-0.3, -0.25) is 9.80 Å². The maximum Gasteiger partial charge on any atom is 0.182 e. The number of benzene rings is 3. The van der Waals surface area contributed by atoms with E-state index in [0.29, 0.717) is 27.0 Å². The van der Waals surface area contributed by atoms with Gasteiger partial charge < -0.3 is 5.73 Å². The maximum absolute atomic E-state index is 12.4. The number of halogens is 2. The van der Waals surface area contributed by atoms with Crippen LogP contribution in [0.2, 0.25) is 10.0 Å².